The minimum atomic E-state index is -3.98. The van der Waals surface area contributed by atoms with Gasteiger partial charge in [0.1, 0.15) is 5.75 Å². The molecule has 5 heteroatoms. The monoisotopic (exact) mass is 222 g/mol. The van der Waals surface area contributed by atoms with Gasteiger partial charge < -0.3 is 4.74 Å². The van der Waals surface area contributed by atoms with E-state index in [2.05, 4.69) is 0 Å². The Hall–Kier alpha value is -1.26. The van der Waals surface area contributed by atoms with Gasteiger partial charge in [0.25, 0.3) is 0 Å². The Morgan fingerprint density at radius 2 is 1.73 bits per heavy atom. The molecule has 0 saturated heterocycles. The van der Waals surface area contributed by atoms with Crippen LogP contribution in [0.15, 0.2) is 24.3 Å². The van der Waals surface area contributed by atoms with Crippen LogP contribution in [0.25, 0.3) is 0 Å². The van der Waals surface area contributed by atoms with E-state index in [-0.39, 0.29) is 5.56 Å². The predicted octanol–water partition coefficient (Wildman–Crippen LogP) is 3.14. The molecule has 0 fully saturated rings. The molecular weight excluding hydrogens is 212 g/mol. The molecule has 0 N–H and O–H groups in total. The lowest BCUT2D eigenvalue weighted by atomic mass is 10.1. The highest BCUT2D eigenvalue weighted by atomic mass is 19.3. The van der Waals surface area contributed by atoms with Crippen LogP contribution >= 0.6 is 0 Å². The predicted molar refractivity (Wildman–Crippen MR) is 47.6 cm³/mol. The fourth-order valence-corrected chi connectivity index (χ4v) is 1.09. The summed E-state index contributed by atoms with van der Waals surface area (Å²) in [6, 6.07) is 5.60. The zero-order valence-electron chi connectivity index (χ0n) is 8.01. The molecule has 0 aliphatic carbocycles. The van der Waals surface area contributed by atoms with Gasteiger partial charge in [-0.15, -0.1) is 0 Å². The van der Waals surface area contributed by atoms with Gasteiger partial charge in [0.2, 0.25) is 0 Å². The lowest BCUT2D eigenvalue weighted by molar-refractivity contribution is -0.127. The lowest BCUT2D eigenvalue weighted by Crippen LogP contribution is -2.29. The van der Waals surface area contributed by atoms with Crippen molar-refractivity contribution in [2.24, 2.45) is 0 Å². The maximum atomic E-state index is 12.6. The number of methoxy groups -OCH3 is 1. The third kappa shape index (κ3) is 3.11. The van der Waals surface area contributed by atoms with Crippen molar-refractivity contribution >= 4 is 0 Å². The first-order chi connectivity index (χ1) is 6.95. The topological polar surface area (TPSA) is 9.23 Å². The summed E-state index contributed by atoms with van der Waals surface area (Å²) in [5.74, 6) is -3.48. The van der Waals surface area contributed by atoms with E-state index < -0.39 is 18.8 Å². The standard InChI is InChI=1S/C10H10F4O/c1-15-8-4-2-7(3-5-8)6-10(13,14)9(11)12/h2-5,9H,6H2,1H3. The van der Waals surface area contributed by atoms with Crippen molar-refractivity contribution in [3.8, 4) is 5.75 Å². The van der Waals surface area contributed by atoms with E-state index in [4.69, 9.17) is 4.74 Å². The molecule has 1 aromatic rings. The number of rotatable bonds is 4. The summed E-state index contributed by atoms with van der Waals surface area (Å²) in [6.07, 6.45) is -4.60. The average Bonchev–Trinajstić information content (AvgIpc) is 2.18. The second-order valence-corrected chi connectivity index (χ2v) is 3.09. The minimum absolute atomic E-state index is 0.154. The molecule has 0 aliphatic rings. The van der Waals surface area contributed by atoms with E-state index in [0.717, 1.165) is 0 Å². The van der Waals surface area contributed by atoms with Gasteiger partial charge in [-0.2, -0.15) is 8.78 Å². The summed E-state index contributed by atoms with van der Waals surface area (Å²) in [4.78, 5) is 0. The average molecular weight is 222 g/mol. The summed E-state index contributed by atoms with van der Waals surface area (Å²) in [6.45, 7) is 0. The van der Waals surface area contributed by atoms with Crippen LogP contribution in [-0.2, 0) is 6.42 Å². The number of halogens is 4. The summed E-state index contributed by atoms with van der Waals surface area (Å²) < 4.78 is 53.8. The molecule has 0 bridgehead atoms. The lowest BCUT2D eigenvalue weighted by Gasteiger charge is -2.15. The molecule has 0 aliphatic heterocycles. The highest BCUT2D eigenvalue weighted by Crippen LogP contribution is 2.27. The Balaban J connectivity index is 2.73. The quantitative estimate of drug-likeness (QED) is 0.711. The SMILES string of the molecule is COc1ccc(CC(F)(F)C(F)F)cc1. The minimum Gasteiger partial charge on any atom is -0.497 e. The molecule has 15 heavy (non-hydrogen) atoms. The first-order valence-electron chi connectivity index (χ1n) is 4.24. The van der Waals surface area contributed by atoms with Crippen molar-refractivity contribution in [3.05, 3.63) is 29.8 Å². The molecule has 1 rings (SSSR count). The molecule has 0 heterocycles. The van der Waals surface area contributed by atoms with E-state index in [0.29, 0.717) is 5.75 Å². The van der Waals surface area contributed by atoms with Crippen molar-refractivity contribution in [1.29, 1.82) is 0 Å². The van der Waals surface area contributed by atoms with Crippen molar-refractivity contribution in [2.45, 2.75) is 18.8 Å². The molecule has 0 atom stereocenters. The molecule has 0 aromatic heterocycles. The van der Waals surface area contributed by atoms with E-state index in [1.807, 2.05) is 0 Å². The van der Waals surface area contributed by atoms with Crippen LogP contribution in [0.4, 0.5) is 17.6 Å². The zero-order chi connectivity index (χ0) is 11.5. The van der Waals surface area contributed by atoms with Crippen molar-refractivity contribution in [3.63, 3.8) is 0 Å². The molecule has 0 spiro atoms. The molecule has 84 valence electrons. The molecule has 0 unspecified atom stereocenters. The first kappa shape index (κ1) is 11.8. The van der Waals surface area contributed by atoms with Crippen molar-refractivity contribution in [2.75, 3.05) is 7.11 Å². The van der Waals surface area contributed by atoms with Gasteiger partial charge in [-0.1, -0.05) is 12.1 Å². The Morgan fingerprint density at radius 3 is 2.13 bits per heavy atom. The van der Waals surface area contributed by atoms with Gasteiger partial charge in [-0.05, 0) is 17.7 Å². The summed E-state index contributed by atoms with van der Waals surface area (Å²) in [5, 5.41) is 0. The smallest absolute Gasteiger partial charge is 0.311 e. The van der Waals surface area contributed by atoms with Gasteiger partial charge in [0.05, 0.1) is 7.11 Å². The third-order valence-corrected chi connectivity index (χ3v) is 1.92. The normalized spacial score (nSPS) is 11.9. The molecule has 1 nitrogen and oxygen atoms in total. The van der Waals surface area contributed by atoms with Crippen molar-refractivity contribution in [1.82, 2.24) is 0 Å². The number of hydrogen-bond acceptors (Lipinski definition) is 1. The Bertz CT molecular complexity index is 308. The van der Waals surface area contributed by atoms with Crippen LogP contribution in [-0.4, -0.2) is 19.5 Å². The summed E-state index contributed by atoms with van der Waals surface area (Å²) in [7, 11) is 1.43. The van der Waals surface area contributed by atoms with Crippen LogP contribution in [0.3, 0.4) is 0 Å². The largest absolute Gasteiger partial charge is 0.497 e. The fourth-order valence-electron chi connectivity index (χ4n) is 1.09. The van der Waals surface area contributed by atoms with Crippen LogP contribution in [0.1, 0.15) is 5.56 Å². The molecule has 0 saturated carbocycles. The highest BCUT2D eigenvalue weighted by Gasteiger charge is 2.40. The number of alkyl halides is 4. The van der Waals surface area contributed by atoms with Gasteiger partial charge >= 0.3 is 12.3 Å². The fraction of sp³-hybridized carbons (Fsp3) is 0.400. The maximum Gasteiger partial charge on any atom is 0.311 e. The molecular formula is C10H10F4O. The molecule has 0 radical (unpaired) electrons. The molecule has 0 amide bonds. The summed E-state index contributed by atoms with van der Waals surface area (Å²) in [5.41, 5.74) is 0.154. The summed E-state index contributed by atoms with van der Waals surface area (Å²) >= 11 is 0. The third-order valence-electron chi connectivity index (χ3n) is 1.92. The van der Waals surface area contributed by atoms with Crippen LogP contribution in [0, 0.1) is 0 Å². The van der Waals surface area contributed by atoms with E-state index in [1.165, 1.54) is 31.4 Å². The van der Waals surface area contributed by atoms with E-state index in [9.17, 15) is 17.6 Å². The zero-order valence-corrected chi connectivity index (χ0v) is 8.01. The van der Waals surface area contributed by atoms with Crippen molar-refractivity contribution < 1.29 is 22.3 Å². The Morgan fingerprint density at radius 1 is 1.20 bits per heavy atom. The van der Waals surface area contributed by atoms with Crippen LogP contribution < -0.4 is 4.74 Å². The van der Waals surface area contributed by atoms with Crippen LogP contribution in [0.5, 0.6) is 5.75 Å². The van der Waals surface area contributed by atoms with E-state index in [1.54, 1.807) is 0 Å². The van der Waals surface area contributed by atoms with Gasteiger partial charge in [-0.3, -0.25) is 0 Å². The Kier molecular flexibility index (Phi) is 3.55. The van der Waals surface area contributed by atoms with Crippen LogP contribution in [0.2, 0.25) is 0 Å². The number of hydrogen-bond donors (Lipinski definition) is 0. The molecule has 1 aromatic carbocycles. The second-order valence-electron chi connectivity index (χ2n) is 3.09. The Labute approximate surface area is 84.7 Å². The number of ether oxygens (including phenoxy) is 1. The maximum absolute atomic E-state index is 12.6. The van der Waals surface area contributed by atoms with Gasteiger partial charge in [0.15, 0.2) is 0 Å². The second kappa shape index (κ2) is 4.51. The van der Waals surface area contributed by atoms with Gasteiger partial charge in [-0.25, -0.2) is 8.78 Å². The first-order valence-corrected chi connectivity index (χ1v) is 4.24. The van der Waals surface area contributed by atoms with E-state index >= 15 is 0 Å². The highest BCUT2D eigenvalue weighted by molar-refractivity contribution is 5.27. The van der Waals surface area contributed by atoms with Gasteiger partial charge in [0, 0.05) is 6.42 Å². The number of benzene rings is 1.